The smallest absolute Gasteiger partial charge is 1.00 e. The van der Waals surface area contributed by atoms with Crippen LogP contribution in [0.4, 0.5) is 0 Å². The van der Waals surface area contributed by atoms with E-state index in [1.165, 1.54) is 0 Å². The molecule has 0 saturated carbocycles. The van der Waals surface area contributed by atoms with E-state index in [2.05, 4.69) is 0 Å². The summed E-state index contributed by atoms with van der Waals surface area (Å²) in [5.41, 5.74) is 0. The van der Waals surface area contributed by atoms with Crippen LogP contribution >= 0.6 is 15.9 Å². The molecule has 0 radical (unpaired) electrons. The molecule has 0 heterocycles. The molecule has 0 fully saturated rings. The third kappa shape index (κ3) is 22.5. The summed E-state index contributed by atoms with van der Waals surface area (Å²) in [7, 11) is -7.05. The van der Waals surface area contributed by atoms with Gasteiger partial charge in [0.05, 0.1) is 0 Å². The molecule has 0 aliphatic rings. The second-order valence-corrected chi connectivity index (χ2v) is 3.90. The van der Waals surface area contributed by atoms with Gasteiger partial charge in [0.2, 0.25) is 0 Å². The van der Waals surface area contributed by atoms with Crippen LogP contribution < -0.4 is 0 Å². The van der Waals surface area contributed by atoms with Gasteiger partial charge in [0.15, 0.2) is 5.85 Å². The van der Waals surface area contributed by atoms with E-state index in [9.17, 15) is 4.57 Å². The van der Waals surface area contributed by atoms with Gasteiger partial charge >= 0.3 is 53.6 Å². The Hall–Kier alpha value is 1.39. The predicted molar refractivity (Wildman–Crippen MR) is 43.7 cm³/mol. The Morgan fingerprint density at radius 1 is 1.42 bits per heavy atom. The Morgan fingerprint density at radius 3 is 1.50 bits per heavy atom. The number of rotatable bonds is 1. The van der Waals surface area contributed by atoms with Gasteiger partial charge < -0.3 is 17.7 Å². The van der Waals surface area contributed by atoms with Crippen LogP contribution in [0.25, 0.3) is 0 Å². The van der Waals surface area contributed by atoms with E-state index in [4.69, 9.17) is 29.2 Å². The molecule has 1 atom stereocenters. The molecular weight excluding hydrogens is 238 g/mol. The van der Waals surface area contributed by atoms with Crippen molar-refractivity contribution in [1.82, 2.24) is 0 Å². The van der Waals surface area contributed by atoms with Gasteiger partial charge in [0.1, 0.15) is 0 Å². The van der Waals surface area contributed by atoms with Crippen LogP contribution in [-0.4, -0.2) is 68.3 Å². The van der Waals surface area contributed by atoms with E-state index in [-0.39, 0.29) is 40.6 Å². The van der Waals surface area contributed by atoms with Gasteiger partial charge in [-0.2, -0.15) is 0 Å². The molecule has 0 saturated heterocycles. The summed E-state index contributed by atoms with van der Waals surface area (Å²) in [4.78, 5) is 30.2. The fourth-order valence-electron chi connectivity index (χ4n) is 0. The van der Waals surface area contributed by atoms with Crippen LogP contribution in [0, 0.1) is 0 Å². The topological polar surface area (TPSA) is 135 Å². The molecule has 7 nitrogen and oxygen atoms in total. The Kier molecular flexibility index (Phi) is 14.2. The zero-order valence-electron chi connectivity index (χ0n) is 8.23. The fraction of sp³-hybridized carbons (Fsp3) is 1.00. The van der Waals surface area contributed by atoms with Crippen molar-refractivity contribution in [2.45, 2.75) is 12.8 Å². The van der Waals surface area contributed by atoms with E-state index in [0.717, 1.165) is 6.92 Å². The second-order valence-electron chi connectivity index (χ2n) is 1.47. The third-order valence-corrected chi connectivity index (χ3v) is 1.46. The van der Waals surface area contributed by atoms with E-state index in [0.29, 0.717) is 0 Å². The van der Waals surface area contributed by atoms with E-state index < -0.39 is 21.7 Å². The normalized spacial score (nSPS) is 11.8. The first-order valence-corrected chi connectivity index (χ1v) is 5.11. The first kappa shape index (κ1) is 19.0. The Bertz CT molecular complexity index is 167. The third-order valence-electron chi connectivity index (χ3n) is 0.487. The molecule has 0 aromatic carbocycles. The molecule has 1 unspecified atom stereocenters. The fourth-order valence-corrected chi connectivity index (χ4v) is 0. The van der Waals surface area contributed by atoms with Gasteiger partial charge in [0.25, 0.3) is 0 Å². The summed E-state index contributed by atoms with van der Waals surface area (Å²) in [6.45, 7) is 1.04. The van der Waals surface area contributed by atoms with Crippen molar-refractivity contribution in [2.24, 2.45) is 0 Å². The maximum Gasteiger partial charge on any atom is 2.00 e. The maximum absolute atomic E-state index is 9.78. The summed E-state index contributed by atoms with van der Waals surface area (Å²) in [6, 6.07) is 0. The van der Waals surface area contributed by atoms with Crippen molar-refractivity contribution in [1.29, 1.82) is 0 Å². The Morgan fingerprint density at radius 2 is 1.50 bits per heavy atom. The summed E-state index contributed by atoms with van der Waals surface area (Å²) < 4.78 is 18.5. The minimum Gasteiger partial charge on any atom is -1.00 e. The number of hydrogen-bond acceptors (Lipinski definition) is 3. The van der Waals surface area contributed by atoms with E-state index in [1.54, 1.807) is 0 Å². The van der Waals surface area contributed by atoms with Crippen molar-refractivity contribution < 1.29 is 36.7 Å². The van der Waals surface area contributed by atoms with Crippen LogP contribution in [0.1, 0.15) is 9.78 Å². The summed E-state index contributed by atoms with van der Waals surface area (Å²) in [6.07, 6.45) is 0. The van der Waals surface area contributed by atoms with Gasteiger partial charge in [-0.3, -0.25) is 4.57 Å². The van der Waals surface area contributed by atoms with E-state index >= 15 is 0 Å². The van der Waals surface area contributed by atoms with Crippen molar-refractivity contribution in [3.63, 3.8) is 0 Å². The van der Waals surface area contributed by atoms with Crippen molar-refractivity contribution in [3.8, 4) is 0 Å². The van der Waals surface area contributed by atoms with Crippen LogP contribution in [0.3, 0.4) is 0 Å². The molecule has 0 amide bonds. The standard InChI is InChI=1S/C2H7O4P.Ca.HO3P.2H/c1-2(3)7(4,5)6;;1-4(2)3;;/h2-3H,1H3,(H2,4,5,6);;(H-,1,2,3);;/q;+2;;2*-1/p+1. The summed E-state index contributed by atoms with van der Waals surface area (Å²) in [5, 5.41) is 8.13. The van der Waals surface area contributed by atoms with Gasteiger partial charge in [0, 0.05) is 4.57 Å². The quantitative estimate of drug-likeness (QED) is 0.296. The monoisotopic (exact) mass is 249 g/mol. The van der Waals surface area contributed by atoms with Crippen molar-refractivity contribution in [2.75, 3.05) is 0 Å². The molecule has 0 aromatic rings. The van der Waals surface area contributed by atoms with Gasteiger partial charge in [-0.1, -0.05) is 0 Å². The molecule has 0 rings (SSSR count). The van der Waals surface area contributed by atoms with Crippen molar-refractivity contribution >= 4 is 53.6 Å². The van der Waals surface area contributed by atoms with Crippen LogP contribution in [0.5, 0.6) is 0 Å². The average molecular weight is 249 g/mol. The largest absolute Gasteiger partial charge is 2.00 e. The minimum absolute atomic E-state index is 0. The zero-order chi connectivity index (χ0) is 9.65. The van der Waals surface area contributed by atoms with Gasteiger partial charge in [-0.15, -0.1) is 9.79 Å². The van der Waals surface area contributed by atoms with Gasteiger partial charge in [-0.25, -0.2) is 0 Å². The molecule has 5 N–H and O–H groups in total. The first-order valence-electron chi connectivity index (χ1n) is 2.26. The molecule has 0 spiro atoms. The summed E-state index contributed by atoms with van der Waals surface area (Å²) in [5.74, 6) is -1.53. The zero-order valence-corrected chi connectivity index (χ0v) is 10.2. The van der Waals surface area contributed by atoms with Crippen LogP contribution in [-0.2, 0) is 9.13 Å². The molecule has 12 heavy (non-hydrogen) atoms. The molecule has 0 aromatic heterocycles. The average Bonchev–Trinajstić information content (AvgIpc) is 1.59. The first-order chi connectivity index (χ1) is 4.68. The number of aliphatic hydroxyl groups is 1. The Balaban J connectivity index is -0.0000000347. The van der Waals surface area contributed by atoms with Gasteiger partial charge in [-0.05, 0) is 6.92 Å². The SMILES string of the molecule is CC(O)P(=O)(O)O.O=[P+](O)O.[Ca+2].[H-].[H-]. The molecule has 0 aliphatic carbocycles. The Labute approximate surface area is 103 Å². The molecular formula is C2H11CaO7P2+. The number of aliphatic hydroxyl groups excluding tert-OH is 1. The minimum atomic E-state index is -4.18. The van der Waals surface area contributed by atoms with Crippen LogP contribution in [0.15, 0.2) is 0 Å². The molecule has 72 valence electrons. The predicted octanol–water partition coefficient (Wildman–Crippen LogP) is -1.03. The molecule has 0 aliphatic heterocycles. The molecule has 10 heteroatoms. The molecule has 0 bridgehead atoms. The van der Waals surface area contributed by atoms with Crippen LogP contribution in [0.2, 0.25) is 0 Å². The van der Waals surface area contributed by atoms with E-state index in [1.807, 2.05) is 0 Å². The van der Waals surface area contributed by atoms with Crippen molar-refractivity contribution in [3.05, 3.63) is 0 Å². The maximum atomic E-state index is 9.78. The summed E-state index contributed by atoms with van der Waals surface area (Å²) >= 11 is 0. The number of hydrogen-bond donors (Lipinski definition) is 5. The second kappa shape index (κ2) is 8.96.